The standard InChI is InChI=1S/C19H19NO2S/c1-3-4-5-16-8-11-19-17(14-16)12-13-20(19)23(21,22)18-9-6-15(2)7-10-18/h4-14H,3H2,1-2H3/b5-4+. The van der Waals surface area contributed by atoms with E-state index in [0.717, 1.165) is 22.9 Å². The number of allylic oxidation sites excluding steroid dienone is 1. The van der Waals surface area contributed by atoms with Crippen LogP contribution in [0.4, 0.5) is 0 Å². The van der Waals surface area contributed by atoms with Crippen LogP contribution >= 0.6 is 0 Å². The first-order valence-corrected chi connectivity index (χ1v) is 9.06. The highest BCUT2D eigenvalue weighted by molar-refractivity contribution is 7.90. The van der Waals surface area contributed by atoms with Gasteiger partial charge in [-0.15, -0.1) is 0 Å². The molecule has 0 aliphatic heterocycles. The molecule has 118 valence electrons. The highest BCUT2D eigenvalue weighted by atomic mass is 32.2. The first-order valence-electron chi connectivity index (χ1n) is 7.62. The molecule has 0 saturated carbocycles. The SMILES string of the molecule is CC/C=C/c1ccc2c(ccn2S(=O)(=O)c2ccc(C)cc2)c1. The molecule has 3 rings (SSSR count). The zero-order valence-corrected chi connectivity index (χ0v) is 14.0. The zero-order chi connectivity index (χ0) is 16.4. The molecule has 1 aromatic heterocycles. The molecule has 0 atom stereocenters. The van der Waals surface area contributed by atoms with Crippen LogP contribution in [-0.2, 0) is 10.0 Å². The predicted octanol–water partition coefficient (Wildman–Crippen LogP) is 4.61. The molecular formula is C19H19NO2S. The second-order valence-corrected chi connectivity index (χ2v) is 7.37. The fourth-order valence-corrected chi connectivity index (χ4v) is 3.88. The molecule has 0 radical (unpaired) electrons. The number of hydrogen-bond acceptors (Lipinski definition) is 2. The summed E-state index contributed by atoms with van der Waals surface area (Å²) in [6, 6.07) is 14.6. The largest absolute Gasteiger partial charge is 0.268 e. The van der Waals surface area contributed by atoms with Crippen LogP contribution in [0.25, 0.3) is 17.0 Å². The summed E-state index contributed by atoms with van der Waals surface area (Å²) in [6.07, 6.45) is 6.72. The maximum Gasteiger partial charge on any atom is 0.268 e. The van der Waals surface area contributed by atoms with E-state index in [0.29, 0.717) is 10.4 Å². The highest BCUT2D eigenvalue weighted by Gasteiger charge is 2.18. The zero-order valence-electron chi connectivity index (χ0n) is 13.2. The molecule has 0 spiro atoms. The van der Waals surface area contributed by atoms with E-state index in [9.17, 15) is 8.42 Å². The van der Waals surface area contributed by atoms with Crippen molar-refractivity contribution in [3.8, 4) is 0 Å². The molecule has 2 aromatic carbocycles. The van der Waals surface area contributed by atoms with Crippen LogP contribution in [0.5, 0.6) is 0 Å². The lowest BCUT2D eigenvalue weighted by atomic mass is 10.1. The molecule has 0 aliphatic carbocycles. The van der Waals surface area contributed by atoms with Gasteiger partial charge in [-0.2, -0.15) is 0 Å². The lowest BCUT2D eigenvalue weighted by Crippen LogP contribution is -2.11. The monoisotopic (exact) mass is 325 g/mol. The van der Waals surface area contributed by atoms with Crippen molar-refractivity contribution in [1.82, 2.24) is 3.97 Å². The van der Waals surface area contributed by atoms with E-state index in [1.807, 2.05) is 49.4 Å². The third-order valence-electron chi connectivity index (χ3n) is 3.80. The topological polar surface area (TPSA) is 39.1 Å². The maximum absolute atomic E-state index is 12.8. The number of nitrogens with zero attached hydrogens (tertiary/aromatic N) is 1. The van der Waals surface area contributed by atoms with Crippen molar-refractivity contribution >= 4 is 27.0 Å². The molecule has 0 N–H and O–H groups in total. The molecule has 0 fully saturated rings. The fourth-order valence-electron chi connectivity index (χ4n) is 2.53. The van der Waals surface area contributed by atoms with Crippen LogP contribution in [-0.4, -0.2) is 12.4 Å². The number of aryl methyl sites for hydroxylation is 1. The molecule has 4 heteroatoms. The summed E-state index contributed by atoms with van der Waals surface area (Å²) in [5, 5.41) is 0.916. The summed E-state index contributed by atoms with van der Waals surface area (Å²) in [7, 11) is -3.57. The minimum Gasteiger partial charge on any atom is -0.241 e. The Labute approximate surface area is 136 Å². The van der Waals surface area contributed by atoms with E-state index in [2.05, 4.69) is 13.0 Å². The van der Waals surface area contributed by atoms with Gasteiger partial charge in [0.25, 0.3) is 10.0 Å². The number of fused-ring (bicyclic) bond motifs is 1. The second kappa shape index (κ2) is 6.05. The van der Waals surface area contributed by atoms with Gasteiger partial charge >= 0.3 is 0 Å². The number of benzene rings is 2. The minimum absolute atomic E-state index is 0.301. The van der Waals surface area contributed by atoms with Gasteiger partial charge in [0.1, 0.15) is 0 Å². The Balaban J connectivity index is 2.09. The Morgan fingerprint density at radius 1 is 1.04 bits per heavy atom. The molecular weight excluding hydrogens is 306 g/mol. The number of aromatic nitrogens is 1. The van der Waals surface area contributed by atoms with Crippen molar-refractivity contribution in [3.63, 3.8) is 0 Å². The summed E-state index contributed by atoms with van der Waals surface area (Å²) in [6.45, 7) is 4.02. The van der Waals surface area contributed by atoms with Crippen molar-refractivity contribution < 1.29 is 8.42 Å². The van der Waals surface area contributed by atoms with Gasteiger partial charge in [0.15, 0.2) is 0 Å². The predicted molar refractivity (Wildman–Crippen MR) is 95.0 cm³/mol. The summed E-state index contributed by atoms with van der Waals surface area (Å²) >= 11 is 0. The molecule has 0 aliphatic rings. The normalized spacial score (nSPS) is 12.3. The molecule has 23 heavy (non-hydrogen) atoms. The number of hydrogen-bond donors (Lipinski definition) is 0. The Morgan fingerprint density at radius 3 is 2.48 bits per heavy atom. The first kappa shape index (κ1) is 15.6. The molecule has 3 nitrogen and oxygen atoms in total. The molecule has 1 heterocycles. The van der Waals surface area contributed by atoms with Crippen LogP contribution in [0.3, 0.4) is 0 Å². The van der Waals surface area contributed by atoms with E-state index in [4.69, 9.17) is 0 Å². The molecule has 0 amide bonds. The van der Waals surface area contributed by atoms with Crippen molar-refractivity contribution in [2.45, 2.75) is 25.2 Å². The van der Waals surface area contributed by atoms with Crippen LogP contribution in [0.2, 0.25) is 0 Å². The van der Waals surface area contributed by atoms with Gasteiger partial charge in [-0.25, -0.2) is 12.4 Å². The van der Waals surface area contributed by atoms with Gasteiger partial charge in [0.05, 0.1) is 10.4 Å². The molecule has 0 saturated heterocycles. The summed E-state index contributed by atoms with van der Waals surface area (Å²) in [4.78, 5) is 0.301. The Morgan fingerprint density at radius 2 is 1.78 bits per heavy atom. The lowest BCUT2D eigenvalue weighted by molar-refractivity contribution is 0.589. The van der Waals surface area contributed by atoms with Gasteiger partial charge in [0.2, 0.25) is 0 Å². The third-order valence-corrected chi connectivity index (χ3v) is 5.51. The first-order chi connectivity index (χ1) is 11.0. The van der Waals surface area contributed by atoms with Crippen molar-refractivity contribution in [2.24, 2.45) is 0 Å². The Hall–Kier alpha value is -2.33. The average Bonchev–Trinajstić information content (AvgIpc) is 2.97. The van der Waals surface area contributed by atoms with Gasteiger partial charge in [-0.3, -0.25) is 0 Å². The smallest absolute Gasteiger partial charge is 0.241 e. The Bertz CT molecular complexity index is 964. The van der Waals surface area contributed by atoms with E-state index in [1.165, 1.54) is 3.97 Å². The quantitative estimate of drug-likeness (QED) is 0.702. The third kappa shape index (κ3) is 2.94. The lowest BCUT2D eigenvalue weighted by Gasteiger charge is -2.08. The second-order valence-electron chi connectivity index (χ2n) is 5.56. The molecule has 0 unspecified atom stereocenters. The van der Waals surface area contributed by atoms with Gasteiger partial charge in [-0.1, -0.05) is 42.8 Å². The summed E-state index contributed by atoms with van der Waals surface area (Å²) in [5.41, 5.74) is 2.80. The van der Waals surface area contributed by atoms with Crippen LogP contribution in [0.15, 0.2) is 65.7 Å². The summed E-state index contributed by atoms with van der Waals surface area (Å²) < 4.78 is 27.0. The fraction of sp³-hybridized carbons (Fsp3) is 0.158. The van der Waals surface area contributed by atoms with Gasteiger partial charge < -0.3 is 0 Å². The van der Waals surface area contributed by atoms with E-state index in [-0.39, 0.29) is 0 Å². The molecule has 0 bridgehead atoms. The minimum atomic E-state index is -3.57. The Kier molecular flexibility index (Phi) is 4.09. The number of rotatable bonds is 4. The van der Waals surface area contributed by atoms with Crippen LogP contribution in [0, 0.1) is 6.92 Å². The van der Waals surface area contributed by atoms with Crippen molar-refractivity contribution in [2.75, 3.05) is 0 Å². The van der Waals surface area contributed by atoms with Crippen molar-refractivity contribution in [1.29, 1.82) is 0 Å². The van der Waals surface area contributed by atoms with Crippen LogP contribution in [0.1, 0.15) is 24.5 Å². The summed E-state index contributed by atoms with van der Waals surface area (Å²) in [5.74, 6) is 0. The van der Waals surface area contributed by atoms with E-state index >= 15 is 0 Å². The van der Waals surface area contributed by atoms with E-state index < -0.39 is 10.0 Å². The maximum atomic E-state index is 12.8. The van der Waals surface area contributed by atoms with Gasteiger partial charge in [-0.05, 0) is 49.2 Å². The van der Waals surface area contributed by atoms with E-state index in [1.54, 1.807) is 18.3 Å². The van der Waals surface area contributed by atoms with Gasteiger partial charge in [0, 0.05) is 11.6 Å². The van der Waals surface area contributed by atoms with Crippen molar-refractivity contribution in [3.05, 3.63) is 71.9 Å². The molecule has 3 aromatic rings. The average molecular weight is 325 g/mol. The van der Waals surface area contributed by atoms with Crippen LogP contribution < -0.4 is 0 Å². The highest BCUT2D eigenvalue weighted by Crippen LogP contribution is 2.24.